The number of hydrogen-bond acceptors (Lipinski definition) is 4. The lowest BCUT2D eigenvalue weighted by atomic mass is 9.95. The van der Waals surface area contributed by atoms with Crippen molar-refractivity contribution in [2.24, 2.45) is 11.7 Å². The summed E-state index contributed by atoms with van der Waals surface area (Å²) in [5.41, 5.74) is 6.45. The standard InChI is InChI=1S/C20H24N2O3S.ClH/c1-20(14-21,17-10-11-17)22-19(23)16-8-5-9-18(12-16)26(24,25)13-15-6-3-2-4-7-15;/h2-9,12,17H,10-11,13-14,21H2,1H3,(H,22,23);1H. The fourth-order valence-electron chi connectivity index (χ4n) is 3.08. The van der Waals surface area contributed by atoms with E-state index in [1.807, 2.05) is 13.0 Å². The lowest BCUT2D eigenvalue weighted by Gasteiger charge is -2.29. The summed E-state index contributed by atoms with van der Waals surface area (Å²) in [5.74, 6) is 0.00432. The number of amides is 1. The lowest BCUT2D eigenvalue weighted by molar-refractivity contribution is 0.0897. The second-order valence-electron chi connectivity index (χ2n) is 7.12. The second-order valence-corrected chi connectivity index (χ2v) is 9.11. The molecule has 5 nitrogen and oxygen atoms in total. The Morgan fingerprint density at radius 2 is 1.81 bits per heavy atom. The Morgan fingerprint density at radius 1 is 1.15 bits per heavy atom. The molecule has 1 unspecified atom stereocenters. The van der Waals surface area contributed by atoms with Crippen LogP contribution in [0.3, 0.4) is 0 Å². The average Bonchev–Trinajstić information content (AvgIpc) is 3.48. The summed E-state index contributed by atoms with van der Waals surface area (Å²) in [5, 5.41) is 2.99. The molecule has 1 saturated carbocycles. The van der Waals surface area contributed by atoms with Gasteiger partial charge in [-0.25, -0.2) is 8.42 Å². The van der Waals surface area contributed by atoms with Gasteiger partial charge in [-0.1, -0.05) is 36.4 Å². The van der Waals surface area contributed by atoms with Gasteiger partial charge in [0, 0.05) is 12.1 Å². The van der Waals surface area contributed by atoms with Crippen molar-refractivity contribution in [1.29, 1.82) is 0 Å². The van der Waals surface area contributed by atoms with Crippen molar-refractivity contribution in [3.05, 3.63) is 65.7 Å². The number of carbonyl (C=O) groups excluding carboxylic acids is 1. The summed E-state index contributed by atoms with van der Waals surface area (Å²) in [4.78, 5) is 12.8. The van der Waals surface area contributed by atoms with Crippen LogP contribution in [-0.4, -0.2) is 26.4 Å². The molecule has 0 saturated heterocycles. The summed E-state index contributed by atoms with van der Waals surface area (Å²) in [6, 6.07) is 15.2. The molecule has 0 aromatic heterocycles. The van der Waals surface area contributed by atoms with E-state index in [1.54, 1.807) is 36.4 Å². The number of nitrogens with one attached hydrogen (secondary N) is 1. The Bertz CT molecular complexity index is 898. The summed E-state index contributed by atoms with van der Waals surface area (Å²) in [6.45, 7) is 2.30. The van der Waals surface area contributed by atoms with Gasteiger partial charge in [0.15, 0.2) is 9.84 Å². The van der Waals surface area contributed by atoms with Crippen molar-refractivity contribution in [1.82, 2.24) is 5.32 Å². The second kappa shape index (κ2) is 8.42. The fourth-order valence-corrected chi connectivity index (χ4v) is 4.47. The molecule has 1 aliphatic carbocycles. The fraction of sp³-hybridized carbons (Fsp3) is 0.350. The number of carbonyl (C=O) groups is 1. The molecule has 1 atom stereocenters. The van der Waals surface area contributed by atoms with Crippen molar-refractivity contribution >= 4 is 28.2 Å². The molecule has 146 valence electrons. The molecule has 2 aromatic carbocycles. The highest BCUT2D eigenvalue weighted by Gasteiger charge is 2.41. The molecule has 0 radical (unpaired) electrons. The predicted octanol–water partition coefficient (Wildman–Crippen LogP) is 2.94. The molecule has 3 N–H and O–H groups in total. The highest BCUT2D eigenvalue weighted by molar-refractivity contribution is 7.90. The van der Waals surface area contributed by atoms with Crippen LogP contribution in [0.4, 0.5) is 0 Å². The predicted molar refractivity (Wildman–Crippen MR) is 109 cm³/mol. The Balaban J connectivity index is 0.00000261. The monoisotopic (exact) mass is 408 g/mol. The molecule has 0 spiro atoms. The Hall–Kier alpha value is -1.89. The minimum absolute atomic E-state index is 0. The van der Waals surface area contributed by atoms with Gasteiger partial charge in [-0.2, -0.15) is 0 Å². The van der Waals surface area contributed by atoms with Crippen LogP contribution >= 0.6 is 12.4 Å². The smallest absolute Gasteiger partial charge is 0.251 e. The molecule has 1 aliphatic rings. The lowest BCUT2D eigenvalue weighted by Crippen LogP contribution is -2.53. The Kier molecular flexibility index (Phi) is 6.68. The number of rotatable bonds is 7. The molecule has 0 bridgehead atoms. The molecule has 2 aromatic rings. The van der Waals surface area contributed by atoms with E-state index in [1.165, 1.54) is 12.1 Å². The van der Waals surface area contributed by atoms with E-state index in [9.17, 15) is 13.2 Å². The molecule has 1 amide bonds. The van der Waals surface area contributed by atoms with Crippen molar-refractivity contribution in [3.63, 3.8) is 0 Å². The summed E-state index contributed by atoms with van der Waals surface area (Å²) in [6.07, 6.45) is 2.11. The Labute approximate surface area is 166 Å². The largest absolute Gasteiger partial charge is 0.345 e. The highest BCUT2D eigenvalue weighted by Crippen LogP contribution is 2.39. The third-order valence-corrected chi connectivity index (χ3v) is 6.64. The third kappa shape index (κ3) is 5.09. The molecule has 3 rings (SSSR count). The van der Waals surface area contributed by atoms with Crippen LogP contribution in [0.15, 0.2) is 59.5 Å². The highest BCUT2D eigenvalue weighted by atomic mass is 35.5. The maximum Gasteiger partial charge on any atom is 0.251 e. The first-order valence-electron chi connectivity index (χ1n) is 8.73. The van der Waals surface area contributed by atoms with Crippen LogP contribution in [0.5, 0.6) is 0 Å². The van der Waals surface area contributed by atoms with E-state index in [4.69, 9.17) is 5.73 Å². The number of hydrogen-bond donors (Lipinski definition) is 2. The minimum Gasteiger partial charge on any atom is -0.345 e. The van der Waals surface area contributed by atoms with Gasteiger partial charge in [0.05, 0.1) is 16.2 Å². The van der Waals surface area contributed by atoms with Crippen LogP contribution in [0, 0.1) is 5.92 Å². The van der Waals surface area contributed by atoms with Gasteiger partial charge >= 0.3 is 0 Å². The zero-order chi connectivity index (χ0) is 18.8. The number of benzene rings is 2. The average molecular weight is 409 g/mol. The maximum atomic E-state index is 12.7. The van der Waals surface area contributed by atoms with E-state index in [-0.39, 0.29) is 29.0 Å². The van der Waals surface area contributed by atoms with Crippen LogP contribution in [-0.2, 0) is 15.6 Å². The first kappa shape index (κ1) is 21.4. The van der Waals surface area contributed by atoms with Gasteiger partial charge in [0.1, 0.15) is 0 Å². The first-order valence-corrected chi connectivity index (χ1v) is 10.4. The van der Waals surface area contributed by atoms with E-state index in [2.05, 4.69) is 5.32 Å². The quantitative estimate of drug-likeness (QED) is 0.737. The number of halogens is 1. The molecular weight excluding hydrogens is 384 g/mol. The van der Waals surface area contributed by atoms with Crippen LogP contribution in [0.25, 0.3) is 0 Å². The molecule has 1 fully saturated rings. The van der Waals surface area contributed by atoms with Crippen LogP contribution < -0.4 is 11.1 Å². The molecular formula is C20H25ClN2O3S. The zero-order valence-electron chi connectivity index (χ0n) is 15.2. The van der Waals surface area contributed by atoms with E-state index >= 15 is 0 Å². The number of sulfone groups is 1. The van der Waals surface area contributed by atoms with Crippen molar-refractivity contribution in [2.75, 3.05) is 6.54 Å². The van der Waals surface area contributed by atoms with Gasteiger partial charge in [0.25, 0.3) is 5.91 Å². The van der Waals surface area contributed by atoms with Crippen LogP contribution in [0.1, 0.15) is 35.7 Å². The summed E-state index contributed by atoms with van der Waals surface area (Å²) in [7, 11) is -3.53. The van der Waals surface area contributed by atoms with Gasteiger partial charge in [-0.3, -0.25) is 4.79 Å². The molecule has 27 heavy (non-hydrogen) atoms. The normalized spacial score (nSPS) is 16.1. The van der Waals surface area contributed by atoms with E-state index < -0.39 is 15.4 Å². The molecule has 0 aliphatic heterocycles. The van der Waals surface area contributed by atoms with Crippen LogP contribution in [0.2, 0.25) is 0 Å². The summed E-state index contributed by atoms with van der Waals surface area (Å²) < 4.78 is 25.4. The van der Waals surface area contributed by atoms with Crippen molar-refractivity contribution in [2.45, 2.75) is 36.0 Å². The van der Waals surface area contributed by atoms with Gasteiger partial charge < -0.3 is 11.1 Å². The molecule has 0 heterocycles. The van der Waals surface area contributed by atoms with Crippen molar-refractivity contribution < 1.29 is 13.2 Å². The van der Waals surface area contributed by atoms with Gasteiger partial charge in [-0.15, -0.1) is 12.4 Å². The zero-order valence-corrected chi connectivity index (χ0v) is 16.9. The van der Waals surface area contributed by atoms with E-state index in [0.29, 0.717) is 23.6 Å². The topological polar surface area (TPSA) is 89.3 Å². The molecule has 7 heteroatoms. The van der Waals surface area contributed by atoms with Gasteiger partial charge in [0.2, 0.25) is 0 Å². The minimum atomic E-state index is -3.53. The van der Waals surface area contributed by atoms with Gasteiger partial charge in [-0.05, 0) is 49.4 Å². The first-order chi connectivity index (χ1) is 12.3. The maximum absolute atomic E-state index is 12.7. The summed E-state index contributed by atoms with van der Waals surface area (Å²) >= 11 is 0. The SMILES string of the molecule is CC(CN)(NC(=O)c1cccc(S(=O)(=O)Cc2ccccc2)c1)C1CC1.Cl. The third-order valence-electron chi connectivity index (χ3n) is 4.96. The Morgan fingerprint density at radius 3 is 2.41 bits per heavy atom. The van der Waals surface area contributed by atoms with Crippen molar-refractivity contribution in [3.8, 4) is 0 Å². The van der Waals surface area contributed by atoms with E-state index in [0.717, 1.165) is 12.8 Å². The number of nitrogens with two attached hydrogens (primary N) is 1.